The maximum Gasteiger partial charge on any atom is 0.410 e. The summed E-state index contributed by atoms with van der Waals surface area (Å²) in [5.41, 5.74) is 4.05. The summed E-state index contributed by atoms with van der Waals surface area (Å²) < 4.78 is 69.6. The first-order valence-electron chi connectivity index (χ1n) is 41.2. The fourth-order valence-corrected chi connectivity index (χ4v) is 14.6. The number of aromatic hydroxyl groups is 1. The molecule has 6 amide bonds. The summed E-state index contributed by atoms with van der Waals surface area (Å²) in [5.74, 6) is -6.88. The molecule has 6 aromatic rings. The number of carbonyl (C=O) groups excluding carboxylic acids is 7. The number of methoxy groups -OCH3 is 1. The van der Waals surface area contributed by atoms with E-state index < -0.39 is 114 Å². The Labute approximate surface area is 711 Å². The van der Waals surface area contributed by atoms with E-state index in [0.717, 1.165) is 27.2 Å². The van der Waals surface area contributed by atoms with Crippen LogP contribution >= 0.6 is 0 Å². The number of pyridine rings is 2. The summed E-state index contributed by atoms with van der Waals surface area (Å²) in [6.45, 7) is 12.6. The quantitative estimate of drug-likeness (QED) is 0.0192. The molecule has 39 heteroatoms. The molecule has 0 radical (unpaired) electrons. The number of aromatic nitrogens is 3. The highest BCUT2D eigenvalue weighted by molar-refractivity contribution is 6.00. The van der Waals surface area contributed by atoms with E-state index in [-0.39, 0.29) is 124 Å². The third-order valence-corrected chi connectivity index (χ3v) is 21.7. The maximum atomic E-state index is 14.5. The van der Waals surface area contributed by atoms with Gasteiger partial charge in [0.15, 0.2) is 11.7 Å². The number of aliphatic hydroxyl groups excluding tert-OH is 3. The number of aryl methyl sites for hydroxylation is 1. The number of esters is 1. The number of phenols is 1. The monoisotopic (exact) mass is 1720 g/mol. The number of anilines is 2. The van der Waals surface area contributed by atoms with Crippen LogP contribution in [0, 0.1) is 5.92 Å². The van der Waals surface area contributed by atoms with Gasteiger partial charge in [0, 0.05) is 112 Å². The third-order valence-electron chi connectivity index (χ3n) is 21.7. The summed E-state index contributed by atoms with van der Waals surface area (Å²) in [6, 6.07) is 12.5. The topological polar surface area (TPSA) is 490 Å². The van der Waals surface area contributed by atoms with E-state index in [1.807, 2.05) is 27.2 Å². The molecule has 0 unspecified atom stereocenters. The molecular weight excluding hydrogens is 1610 g/mol. The Morgan fingerprint density at radius 1 is 0.699 bits per heavy atom. The number of hydrazine groups is 1. The number of ether oxygens (including phenoxy) is 12. The molecule has 4 aliphatic heterocycles. The van der Waals surface area contributed by atoms with E-state index in [1.54, 1.807) is 46.1 Å². The fourth-order valence-electron chi connectivity index (χ4n) is 14.6. The molecule has 0 bridgehead atoms. The van der Waals surface area contributed by atoms with Gasteiger partial charge in [0.2, 0.25) is 35.8 Å². The second-order valence-electron chi connectivity index (χ2n) is 30.7. The van der Waals surface area contributed by atoms with Gasteiger partial charge in [0.1, 0.15) is 61.2 Å². The minimum Gasteiger partial charge on any atom is -0.508 e. The minimum absolute atomic E-state index is 0.0258. The van der Waals surface area contributed by atoms with E-state index in [2.05, 4.69) is 58.6 Å². The molecule has 0 saturated carbocycles. The number of nitrogens with zero attached hydrogens (tertiary/aromatic N) is 6. The SMILES string of the molecule is CC[C@@]1(O)C(=O)OCc2c1cc1n(c2=O)Cc2cc3c(CN(C)C(=O)OCc4ccc(NC(=O)[C@H](C)NC(=O)[C@@H](NC(=O)[C@H](CCCCNC(=O)CCn5c6c(c7cc(NC)ccc75)CN(C)N(C)C6)NC(=O)CCOCCOCCOCCOCCOCCOCCOCCOC)C(C)C)c(O[C@@H]5O[C@H](C(=O)O)[C@@H](O)[C@H](O)[C@H]5O)c4)c(O)ccc3nc2-1. The highest BCUT2D eigenvalue weighted by Crippen LogP contribution is 2.41. The van der Waals surface area contributed by atoms with Gasteiger partial charge in [-0.3, -0.25) is 28.8 Å². The first kappa shape index (κ1) is 95.2. The number of amides is 6. The van der Waals surface area contributed by atoms with Crippen LogP contribution in [0.1, 0.15) is 105 Å². The Morgan fingerprint density at radius 2 is 1.35 bits per heavy atom. The van der Waals surface area contributed by atoms with E-state index in [0.29, 0.717) is 133 Å². The number of aliphatic hydroxyl groups is 4. The Kier molecular flexibility index (Phi) is 35.2. The van der Waals surface area contributed by atoms with Crippen LogP contribution in [0.3, 0.4) is 0 Å². The zero-order valence-electron chi connectivity index (χ0n) is 70.9. The van der Waals surface area contributed by atoms with Gasteiger partial charge in [0.25, 0.3) is 5.56 Å². The number of unbranched alkanes of at least 4 members (excludes halogenated alkanes) is 1. The van der Waals surface area contributed by atoms with Gasteiger partial charge in [-0.2, -0.15) is 0 Å². The standard InChI is InChI=1S/C84H116N12O27/c1-10-84(111)59-42-64-71-52(43-96(64)79(106)58(59)48-120-82(84)109)40-54-57(66(97)19-17-60(54)89-71)44-92(6)83(110)121-47-51-14-16-61(67(39-51)122-81-74(102)72(100)73(101)75(123-81)80(107)108)90-76(103)50(4)87-78(105)70(49(2)3)91-77(104)62(88-69(99)21-24-113-27-28-115-31-32-117-35-36-119-38-37-118-34-33-116-30-29-114-26-25-112-9)13-11-12-22-86-68(98)20-23-95-63-18-15-53(85-5)41-55(63)56-45-93(7)94(8)46-65(56)95/h14-19,39-42,49-50,62,70,72-75,81,85,97,100-102,111H,10-13,20-38,43-48H2,1-9H3,(H,86,98)(H,87,105)(H,88,99)(H,90,103)(H,91,104)(H,107,108)/t50-,62-,70-,72-,73-,74+,75-,81+,84-/m0/s1. The van der Waals surface area contributed by atoms with E-state index in [4.69, 9.17) is 61.8 Å². The van der Waals surface area contributed by atoms with E-state index >= 15 is 0 Å². The molecule has 10 rings (SSSR count). The van der Waals surface area contributed by atoms with Gasteiger partial charge in [-0.15, -0.1) is 0 Å². The molecule has 1 fully saturated rings. The number of carboxylic acids is 1. The second-order valence-corrected chi connectivity index (χ2v) is 30.7. The molecule has 9 atom stereocenters. The Hall–Kier alpha value is -10.1. The summed E-state index contributed by atoms with van der Waals surface area (Å²) in [6.07, 6.45) is -10.5. The molecule has 674 valence electrons. The number of rotatable bonds is 49. The molecule has 0 aliphatic carbocycles. The van der Waals surface area contributed by atoms with Crippen molar-refractivity contribution in [1.82, 2.24) is 50.3 Å². The Morgan fingerprint density at radius 3 is 1.98 bits per heavy atom. The largest absolute Gasteiger partial charge is 0.508 e. The third kappa shape index (κ3) is 24.7. The number of cyclic esters (lactones) is 1. The number of fused-ring (bicyclic) bond motifs is 8. The van der Waals surface area contributed by atoms with Crippen molar-refractivity contribution >= 4 is 80.7 Å². The van der Waals surface area contributed by atoms with Crippen LogP contribution in [-0.2, 0) is 137 Å². The number of aliphatic carboxylic acids is 1. The van der Waals surface area contributed by atoms with Crippen LogP contribution in [0.15, 0.2) is 65.5 Å². The zero-order valence-corrected chi connectivity index (χ0v) is 70.9. The highest BCUT2D eigenvalue weighted by atomic mass is 16.7. The molecule has 0 spiro atoms. The normalized spacial score (nSPS) is 18.8. The molecule has 123 heavy (non-hydrogen) atoms. The van der Waals surface area contributed by atoms with E-state index in [9.17, 15) is 73.8 Å². The average molecular weight is 1730 g/mol. The molecule has 3 aromatic heterocycles. The lowest BCUT2D eigenvalue weighted by Crippen LogP contribution is -2.61. The fraction of sp³-hybridized carbons (Fsp3) is 0.571. The second kappa shape index (κ2) is 45.5. The maximum absolute atomic E-state index is 14.5. The smallest absolute Gasteiger partial charge is 0.410 e. The summed E-state index contributed by atoms with van der Waals surface area (Å²) >= 11 is 0. The number of carbonyl (C=O) groups is 8. The van der Waals surface area contributed by atoms with Gasteiger partial charge in [-0.25, -0.2) is 29.4 Å². The van der Waals surface area contributed by atoms with Crippen LogP contribution in [0.5, 0.6) is 11.5 Å². The predicted molar refractivity (Wildman–Crippen MR) is 442 cm³/mol. The minimum atomic E-state index is -2.11. The van der Waals surface area contributed by atoms with Crippen LogP contribution in [0.2, 0.25) is 0 Å². The van der Waals surface area contributed by atoms with Crippen molar-refractivity contribution in [2.75, 3.05) is 152 Å². The number of hydrogen-bond donors (Lipinski definition) is 12. The van der Waals surface area contributed by atoms with Crippen molar-refractivity contribution in [3.8, 4) is 22.9 Å². The van der Waals surface area contributed by atoms with Gasteiger partial charge in [0.05, 0.1) is 147 Å². The lowest BCUT2D eigenvalue weighted by atomic mass is 9.86. The van der Waals surface area contributed by atoms with Crippen molar-refractivity contribution < 1.29 is 126 Å². The van der Waals surface area contributed by atoms with Gasteiger partial charge < -0.3 is 133 Å². The van der Waals surface area contributed by atoms with Crippen LogP contribution in [0.25, 0.3) is 33.2 Å². The molecule has 7 heterocycles. The summed E-state index contributed by atoms with van der Waals surface area (Å²) in [7, 11) is 8.94. The Bertz CT molecular complexity index is 4720. The number of benzene rings is 3. The van der Waals surface area contributed by atoms with Crippen molar-refractivity contribution in [3.63, 3.8) is 0 Å². The first-order valence-corrected chi connectivity index (χ1v) is 41.2. The number of phenolic OH excluding ortho intramolecular Hbond substituents is 1. The zero-order chi connectivity index (χ0) is 88.6. The molecule has 39 nitrogen and oxygen atoms in total. The molecule has 12 N–H and O–H groups in total. The van der Waals surface area contributed by atoms with Gasteiger partial charge in [-0.05, 0) is 104 Å². The van der Waals surface area contributed by atoms with Crippen LogP contribution in [-0.4, -0.2) is 297 Å². The molecule has 3 aromatic carbocycles. The lowest BCUT2D eigenvalue weighted by molar-refractivity contribution is -0.271. The van der Waals surface area contributed by atoms with Crippen molar-refractivity contribution in [1.29, 1.82) is 0 Å². The highest BCUT2D eigenvalue weighted by Gasteiger charge is 2.49. The number of nitrogens with one attached hydrogen (secondary N) is 6. The summed E-state index contributed by atoms with van der Waals surface area (Å²) in [5, 5.41) is 87.7. The molecule has 1 saturated heterocycles. The Balaban J connectivity index is 0.740. The van der Waals surface area contributed by atoms with Crippen LogP contribution < -0.4 is 42.2 Å². The van der Waals surface area contributed by atoms with Crippen molar-refractivity contribution in [2.45, 2.75) is 167 Å². The number of hydrogen-bond acceptors (Lipinski definition) is 30. The average Bonchev–Trinajstić information content (AvgIpc) is 1.68. The number of carboxylic acid groups (broad SMARTS) is 1. The predicted octanol–water partition coefficient (Wildman–Crippen LogP) is 2.21. The van der Waals surface area contributed by atoms with Gasteiger partial charge in [-0.1, -0.05) is 26.8 Å². The van der Waals surface area contributed by atoms with Gasteiger partial charge >= 0.3 is 18.0 Å². The van der Waals surface area contributed by atoms with E-state index in [1.165, 1.54) is 48.4 Å². The molecule has 4 aliphatic rings. The lowest BCUT2D eigenvalue weighted by Gasteiger charge is -2.38. The first-order chi connectivity index (χ1) is 59.0. The molecular formula is C84H116N12O27. The van der Waals surface area contributed by atoms with Crippen LogP contribution in [0.4, 0.5) is 16.2 Å². The van der Waals surface area contributed by atoms with Crippen molar-refractivity contribution in [3.05, 3.63) is 110 Å². The summed E-state index contributed by atoms with van der Waals surface area (Å²) in [4.78, 5) is 129. The van der Waals surface area contributed by atoms with Crippen molar-refractivity contribution in [2.24, 2.45) is 5.92 Å².